The average molecular weight is 548 g/mol. The van der Waals surface area contributed by atoms with E-state index in [1.165, 1.54) is 0 Å². The van der Waals surface area contributed by atoms with Crippen molar-refractivity contribution in [2.24, 2.45) is 0 Å². The van der Waals surface area contributed by atoms with Gasteiger partial charge in [0.15, 0.2) is 0 Å². The SMILES string of the molecule is CCCC(CC)OC(=O)NCCOC(=O)CCN(CCO)CCC(=O)OCCNC(=O)OC(CC)CCC. The number of carbonyl (C=O) groups is 4. The largest absolute Gasteiger partial charge is 0.464 e. The summed E-state index contributed by atoms with van der Waals surface area (Å²) in [6.45, 7) is 9.01. The van der Waals surface area contributed by atoms with Crippen LogP contribution in [0.1, 0.15) is 79.1 Å². The highest BCUT2D eigenvalue weighted by atomic mass is 16.6. The molecule has 12 nitrogen and oxygen atoms in total. The molecule has 0 saturated heterocycles. The van der Waals surface area contributed by atoms with E-state index in [4.69, 9.17) is 18.9 Å². The fourth-order valence-electron chi connectivity index (χ4n) is 3.48. The van der Waals surface area contributed by atoms with E-state index < -0.39 is 24.1 Å². The van der Waals surface area contributed by atoms with Crippen molar-refractivity contribution in [1.82, 2.24) is 15.5 Å². The van der Waals surface area contributed by atoms with E-state index in [-0.39, 0.29) is 64.5 Å². The summed E-state index contributed by atoms with van der Waals surface area (Å²) in [5, 5.41) is 14.4. The minimum atomic E-state index is -0.532. The van der Waals surface area contributed by atoms with Crippen LogP contribution in [0.2, 0.25) is 0 Å². The lowest BCUT2D eigenvalue weighted by molar-refractivity contribution is -0.144. The Bertz CT molecular complexity index is 612. The van der Waals surface area contributed by atoms with Crippen LogP contribution in [-0.4, -0.2) is 98.9 Å². The number of carbonyl (C=O) groups excluding carboxylic acids is 4. The summed E-state index contributed by atoms with van der Waals surface area (Å²) < 4.78 is 20.8. The molecule has 0 aliphatic carbocycles. The Morgan fingerprint density at radius 2 is 1.13 bits per heavy atom. The van der Waals surface area contributed by atoms with Gasteiger partial charge in [-0.2, -0.15) is 0 Å². The Morgan fingerprint density at radius 3 is 1.47 bits per heavy atom. The monoisotopic (exact) mass is 547 g/mol. The van der Waals surface area contributed by atoms with Crippen molar-refractivity contribution < 1.29 is 43.2 Å². The third-order valence-corrected chi connectivity index (χ3v) is 5.63. The Morgan fingerprint density at radius 1 is 0.711 bits per heavy atom. The third kappa shape index (κ3) is 19.5. The molecule has 2 amide bonds. The molecule has 0 aromatic carbocycles. The van der Waals surface area contributed by atoms with Gasteiger partial charge < -0.3 is 34.7 Å². The molecular formula is C26H49N3O9. The van der Waals surface area contributed by atoms with Crippen LogP contribution >= 0.6 is 0 Å². The fraction of sp³-hybridized carbons (Fsp3) is 0.846. The normalized spacial score (nSPS) is 12.4. The fourth-order valence-corrected chi connectivity index (χ4v) is 3.48. The Kier molecular flexibility index (Phi) is 21.9. The first kappa shape index (κ1) is 35.4. The number of aliphatic hydroxyl groups is 1. The van der Waals surface area contributed by atoms with Crippen LogP contribution < -0.4 is 10.6 Å². The number of hydrogen-bond acceptors (Lipinski definition) is 10. The molecule has 0 aliphatic heterocycles. The average Bonchev–Trinajstić information content (AvgIpc) is 2.90. The number of amides is 2. The van der Waals surface area contributed by atoms with Crippen LogP contribution in [0.3, 0.4) is 0 Å². The number of aliphatic hydroxyl groups excluding tert-OH is 1. The molecule has 0 fully saturated rings. The minimum Gasteiger partial charge on any atom is -0.464 e. The summed E-state index contributed by atoms with van der Waals surface area (Å²) in [4.78, 5) is 49.3. The first-order valence-corrected chi connectivity index (χ1v) is 13.8. The zero-order valence-corrected chi connectivity index (χ0v) is 23.6. The van der Waals surface area contributed by atoms with Crippen molar-refractivity contribution in [3.63, 3.8) is 0 Å². The van der Waals surface area contributed by atoms with Crippen molar-refractivity contribution >= 4 is 24.1 Å². The van der Waals surface area contributed by atoms with Crippen LogP contribution in [0.25, 0.3) is 0 Å². The summed E-state index contributed by atoms with van der Waals surface area (Å²) in [7, 11) is 0. The van der Waals surface area contributed by atoms with Crippen LogP contribution in [0.5, 0.6) is 0 Å². The number of alkyl carbamates (subject to hydrolysis) is 2. The summed E-state index contributed by atoms with van der Waals surface area (Å²) >= 11 is 0. The molecule has 2 atom stereocenters. The molecule has 0 rings (SSSR count). The van der Waals surface area contributed by atoms with E-state index in [1.54, 1.807) is 4.90 Å². The quantitative estimate of drug-likeness (QED) is 0.105. The Hall–Kier alpha value is -2.60. The van der Waals surface area contributed by atoms with Gasteiger partial charge in [-0.05, 0) is 25.7 Å². The van der Waals surface area contributed by atoms with Crippen molar-refractivity contribution in [1.29, 1.82) is 0 Å². The maximum absolute atomic E-state index is 12.0. The summed E-state index contributed by atoms with van der Waals surface area (Å²) in [6.07, 6.45) is 3.75. The van der Waals surface area contributed by atoms with Gasteiger partial charge in [0, 0.05) is 19.6 Å². The maximum atomic E-state index is 12.0. The standard InChI is InChI=1S/C26H49N3O9/c1-5-9-21(7-3)37-25(33)27-13-19-35-23(31)11-15-29(17-18-30)16-12-24(32)36-20-14-28-26(34)38-22(8-4)10-6-2/h21-22,30H,5-20H2,1-4H3,(H,27,33)(H,28,34). The lowest BCUT2D eigenvalue weighted by Gasteiger charge is -2.20. The van der Waals surface area contributed by atoms with Crippen LogP contribution in [-0.2, 0) is 28.5 Å². The Balaban J connectivity index is 4.07. The number of rotatable bonds is 22. The molecule has 0 aromatic rings. The highest BCUT2D eigenvalue weighted by Gasteiger charge is 2.14. The lowest BCUT2D eigenvalue weighted by atomic mass is 10.2. The molecule has 0 aromatic heterocycles. The van der Waals surface area contributed by atoms with E-state index in [9.17, 15) is 24.3 Å². The van der Waals surface area contributed by atoms with Crippen molar-refractivity contribution in [3.8, 4) is 0 Å². The number of ether oxygens (including phenoxy) is 4. The molecular weight excluding hydrogens is 498 g/mol. The van der Waals surface area contributed by atoms with Crippen molar-refractivity contribution in [2.45, 2.75) is 91.3 Å². The number of esters is 2. The smallest absolute Gasteiger partial charge is 0.407 e. The molecule has 3 N–H and O–H groups in total. The van der Waals surface area contributed by atoms with Gasteiger partial charge in [0.2, 0.25) is 0 Å². The molecule has 0 heterocycles. The molecule has 2 unspecified atom stereocenters. The second-order valence-corrected chi connectivity index (χ2v) is 8.81. The summed E-state index contributed by atoms with van der Waals surface area (Å²) in [5.74, 6) is -0.907. The highest BCUT2D eigenvalue weighted by Crippen LogP contribution is 2.07. The topological polar surface area (TPSA) is 153 Å². The van der Waals surface area contributed by atoms with Gasteiger partial charge >= 0.3 is 24.1 Å². The number of nitrogens with one attached hydrogen (secondary N) is 2. The van der Waals surface area contributed by atoms with Gasteiger partial charge in [-0.1, -0.05) is 40.5 Å². The maximum Gasteiger partial charge on any atom is 0.407 e. The van der Waals surface area contributed by atoms with E-state index >= 15 is 0 Å². The molecule has 0 bridgehead atoms. The first-order chi connectivity index (χ1) is 18.3. The van der Waals surface area contributed by atoms with Gasteiger partial charge in [-0.15, -0.1) is 0 Å². The molecule has 0 spiro atoms. The van der Waals surface area contributed by atoms with Crippen LogP contribution in [0.4, 0.5) is 9.59 Å². The zero-order valence-electron chi connectivity index (χ0n) is 23.6. The minimum absolute atomic E-state index is 0.0180. The molecule has 12 heteroatoms. The zero-order chi connectivity index (χ0) is 28.6. The second-order valence-electron chi connectivity index (χ2n) is 8.81. The van der Waals surface area contributed by atoms with E-state index in [2.05, 4.69) is 10.6 Å². The molecule has 38 heavy (non-hydrogen) atoms. The second kappa shape index (κ2) is 23.5. The van der Waals surface area contributed by atoms with Crippen molar-refractivity contribution in [3.05, 3.63) is 0 Å². The Labute approximate surface area is 227 Å². The molecule has 222 valence electrons. The summed E-state index contributed by atoms with van der Waals surface area (Å²) in [6, 6.07) is 0. The van der Waals surface area contributed by atoms with Gasteiger partial charge in [-0.25, -0.2) is 9.59 Å². The predicted octanol–water partition coefficient (Wildman–Crippen LogP) is 2.76. The van der Waals surface area contributed by atoms with Crippen LogP contribution in [0, 0.1) is 0 Å². The van der Waals surface area contributed by atoms with E-state index in [0.29, 0.717) is 13.1 Å². The molecule has 0 radical (unpaired) electrons. The number of hydrogen-bond donors (Lipinski definition) is 3. The summed E-state index contributed by atoms with van der Waals surface area (Å²) in [5.41, 5.74) is 0. The van der Waals surface area contributed by atoms with Gasteiger partial charge in [0.25, 0.3) is 0 Å². The molecule has 0 saturated carbocycles. The molecule has 0 aliphatic rings. The predicted molar refractivity (Wildman–Crippen MR) is 142 cm³/mol. The van der Waals surface area contributed by atoms with Crippen molar-refractivity contribution in [2.75, 3.05) is 52.5 Å². The highest BCUT2D eigenvalue weighted by molar-refractivity contribution is 5.70. The number of nitrogens with zero attached hydrogens (tertiary/aromatic N) is 1. The first-order valence-electron chi connectivity index (χ1n) is 13.8. The lowest BCUT2D eigenvalue weighted by Crippen LogP contribution is -2.34. The van der Waals surface area contributed by atoms with E-state index in [1.807, 2.05) is 27.7 Å². The third-order valence-electron chi connectivity index (χ3n) is 5.63. The van der Waals surface area contributed by atoms with Gasteiger partial charge in [0.05, 0.1) is 32.5 Å². The van der Waals surface area contributed by atoms with Gasteiger partial charge in [0.1, 0.15) is 25.4 Å². The van der Waals surface area contributed by atoms with Gasteiger partial charge in [-0.3, -0.25) is 14.5 Å². The van der Waals surface area contributed by atoms with E-state index in [0.717, 1.165) is 38.5 Å². The van der Waals surface area contributed by atoms with Crippen LogP contribution in [0.15, 0.2) is 0 Å².